The summed E-state index contributed by atoms with van der Waals surface area (Å²) in [6.07, 6.45) is 6.02. The normalized spacial score (nSPS) is 15.2. The van der Waals surface area contributed by atoms with Crippen LogP contribution in [0.5, 0.6) is 5.75 Å². The summed E-state index contributed by atoms with van der Waals surface area (Å²) in [6.45, 7) is 5.26. The van der Waals surface area contributed by atoms with Crippen LogP contribution < -0.4 is 15.0 Å². The molecule has 2 aliphatic heterocycles. The maximum Gasteiger partial charge on any atom is 0.251 e. The quantitative estimate of drug-likeness (QED) is 0.809. The highest BCUT2D eigenvalue weighted by Gasteiger charge is 2.25. The fourth-order valence-corrected chi connectivity index (χ4v) is 3.97. The Morgan fingerprint density at radius 1 is 1.17 bits per heavy atom. The Morgan fingerprint density at radius 2 is 2.03 bits per heavy atom. The van der Waals surface area contributed by atoms with Crippen molar-refractivity contribution in [1.29, 1.82) is 0 Å². The second kappa shape index (κ2) is 8.11. The van der Waals surface area contributed by atoms with E-state index < -0.39 is 0 Å². The summed E-state index contributed by atoms with van der Waals surface area (Å²) in [6, 6.07) is 11.7. The molecule has 2 aromatic rings. The first-order chi connectivity index (χ1) is 14.0. The highest BCUT2D eigenvalue weighted by Crippen LogP contribution is 2.31. The third-order valence-corrected chi connectivity index (χ3v) is 5.31. The van der Waals surface area contributed by atoms with Crippen LogP contribution in [-0.2, 0) is 17.6 Å². The summed E-state index contributed by atoms with van der Waals surface area (Å²) in [5.41, 5.74) is 4.63. The Labute approximate surface area is 171 Å². The number of rotatable bonds is 4. The van der Waals surface area contributed by atoms with E-state index in [1.807, 2.05) is 50.3 Å². The number of nitrogens with one attached hydrogen (secondary N) is 1. The van der Waals surface area contributed by atoms with Crippen LogP contribution in [0.2, 0.25) is 0 Å². The first-order valence-corrected chi connectivity index (χ1v) is 10.2. The number of ether oxygens (including phenoxy) is 1. The Balaban J connectivity index is 1.56. The lowest BCUT2D eigenvalue weighted by atomic mass is 9.95. The van der Waals surface area contributed by atoms with Crippen molar-refractivity contribution in [2.24, 2.45) is 0 Å². The highest BCUT2D eigenvalue weighted by molar-refractivity contribution is 6.06. The van der Waals surface area contributed by atoms with Gasteiger partial charge in [0.1, 0.15) is 5.75 Å². The molecule has 0 spiro atoms. The molecule has 2 heterocycles. The van der Waals surface area contributed by atoms with Crippen LogP contribution >= 0.6 is 0 Å². The number of hydrogen-bond acceptors (Lipinski definition) is 3. The third kappa shape index (κ3) is 4.04. The predicted octanol–water partition coefficient (Wildman–Crippen LogP) is 3.75. The lowest BCUT2D eigenvalue weighted by Gasteiger charge is -2.30. The molecular weight excluding hydrogens is 364 g/mol. The van der Waals surface area contributed by atoms with Crippen LogP contribution in [0.1, 0.15) is 47.3 Å². The average Bonchev–Trinajstić information content (AvgIpc) is 3.18. The molecule has 0 bridgehead atoms. The molecule has 0 fully saturated rings. The van der Waals surface area contributed by atoms with Crippen molar-refractivity contribution in [2.45, 2.75) is 39.2 Å². The van der Waals surface area contributed by atoms with Gasteiger partial charge in [0, 0.05) is 36.3 Å². The van der Waals surface area contributed by atoms with Gasteiger partial charge in [-0.3, -0.25) is 9.59 Å². The minimum absolute atomic E-state index is 0.0656. The van der Waals surface area contributed by atoms with Crippen molar-refractivity contribution >= 4 is 23.6 Å². The van der Waals surface area contributed by atoms with E-state index in [1.165, 1.54) is 5.56 Å². The Bertz CT molecular complexity index is 978. The van der Waals surface area contributed by atoms with E-state index in [9.17, 15) is 9.59 Å². The molecule has 5 heteroatoms. The minimum Gasteiger partial charge on any atom is -0.493 e. The van der Waals surface area contributed by atoms with Crippen molar-refractivity contribution in [3.63, 3.8) is 0 Å². The van der Waals surface area contributed by atoms with Gasteiger partial charge in [-0.25, -0.2) is 0 Å². The molecule has 0 atom stereocenters. The van der Waals surface area contributed by atoms with Gasteiger partial charge in [0.25, 0.3) is 11.8 Å². The van der Waals surface area contributed by atoms with Crippen molar-refractivity contribution in [2.75, 3.05) is 18.1 Å². The predicted molar refractivity (Wildman–Crippen MR) is 114 cm³/mol. The second-order valence-corrected chi connectivity index (χ2v) is 7.82. The van der Waals surface area contributed by atoms with E-state index in [-0.39, 0.29) is 17.9 Å². The van der Waals surface area contributed by atoms with E-state index in [4.69, 9.17) is 4.74 Å². The topological polar surface area (TPSA) is 58.6 Å². The summed E-state index contributed by atoms with van der Waals surface area (Å²) in [4.78, 5) is 27.3. The summed E-state index contributed by atoms with van der Waals surface area (Å²) in [7, 11) is 0. The molecule has 4 rings (SSSR count). The minimum atomic E-state index is -0.0814. The molecule has 0 unspecified atom stereocenters. The Kier molecular flexibility index (Phi) is 5.38. The van der Waals surface area contributed by atoms with Gasteiger partial charge in [-0.1, -0.05) is 12.1 Å². The molecule has 0 saturated carbocycles. The zero-order chi connectivity index (χ0) is 20.4. The van der Waals surface area contributed by atoms with Gasteiger partial charge in [-0.05, 0) is 73.7 Å². The number of amides is 2. The molecule has 2 aromatic carbocycles. The van der Waals surface area contributed by atoms with Crippen LogP contribution in [0.4, 0.5) is 5.69 Å². The highest BCUT2D eigenvalue weighted by atomic mass is 16.5. The van der Waals surface area contributed by atoms with Gasteiger partial charge in [-0.2, -0.15) is 0 Å². The largest absolute Gasteiger partial charge is 0.493 e. The zero-order valence-corrected chi connectivity index (χ0v) is 16.9. The standard InChI is InChI=1S/C24H26N2O3/c1-16(2)25-24(28)20-5-3-7-21-19(20)6-4-13-26(21)23(27)11-9-17-8-10-22-18(15-17)12-14-29-22/h3,5,7-11,15-16H,4,6,12-14H2,1-2H3,(H,25,28)/b11-9+. The van der Waals surface area contributed by atoms with E-state index in [0.717, 1.165) is 48.4 Å². The maximum absolute atomic E-state index is 12.9. The second-order valence-electron chi connectivity index (χ2n) is 7.82. The van der Waals surface area contributed by atoms with Gasteiger partial charge in [0.15, 0.2) is 0 Å². The molecule has 0 aromatic heterocycles. The summed E-state index contributed by atoms with van der Waals surface area (Å²) in [5, 5.41) is 2.95. The van der Waals surface area contributed by atoms with Crippen molar-refractivity contribution in [1.82, 2.24) is 5.32 Å². The number of carbonyl (C=O) groups excluding carboxylic acids is 2. The molecule has 5 nitrogen and oxygen atoms in total. The first kappa shape index (κ1) is 19.2. The molecule has 2 amide bonds. The molecule has 150 valence electrons. The average molecular weight is 390 g/mol. The fourth-order valence-electron chi connectivity index (χ4n) is 3.97. The lowest BCUT2D eigenvalue weighted by Crippen LogP contribution is -2.36. The van der Waals surface area contributed by atoms with E-state index in [0.29, 0.717) is 12.1 Å². The number of fused-ring (bicyclic) bond motifs is 2. The van der Waals surface area contributed by atoms with Crippen LogP contribution in [0.25, 0.3) is 6.08 Å². The molecule has 2 aliphatic rings. The van der Waals surface area contributed by atoms with Crippen LogP contribution in [0.3, 0.4) is 0 Å². The molecule has 0 radical (unpaired) electrons. The van der Waals surface area contributed by atoms with Crippen LogP contribution in [0.15, 0.2) is 42.5 Å². The molecule has 29 heavy (non-hydrogen) atoms. The number of anilines is 1. The lowest BCUT2D eigenvalue weighted by molar-refractivity contribution is -0.114. The van der Waals surface area contributed by atoms with E-state index in [2.05, 4.69) is 11.4 Å². The van der Waals surface area contributed by atoms with E-state index >= 15 is 0 Å². The molecule has 0 saturated heterocycles. The third-order valence-electron chi connectivity index (χ3n) is 5.31. The van der Waals surface area contributed by atoms with Crippen LogP contribution in [0, 0.1) is 0 Å². The number of hydrogen-bond donors (Lipinski definition) is 1. The van der Waals surface area contributed by atoms with Crippen molar-refractivity contribution in [3.8, 4) is 5.75 Å². The number of nitrogens with zero attached hydrogens (tertiary/aromatic N) is 1. The van der Waals surface area contributed by atoms with Crippen molar-refractivity contribution < 1.29 is 14.3 Å². The summed E-state index contributed by atoms with van der Waals surface area (Å²) >= 11 is 0. The molecule has 1 N–H and O–H groups in total. The van der Waals surface area contributed by atoms with Crippen LogP contribution in [-0.4, -0.2) is 31.0 Å². The Hall–Kier alpha value is -3.08. The van der Waals surface area contributed by atoms with Gasteiger partial charge in [0.05, 0.1) is 6.61 Å². The first-order valence-electron chi connectivity index (χ1n) is 10.2. The molecular formula is C24H26N2O3. The summed E-state index contributed by atoms with van der Waals surface area (Å²) < 4.78 is 5.54. The smallest absolute Gasteiger partial charge is 0.251 e. The Morgan fingerprint density at radius 3 is 2.86 bits per heavy atom. The summed E-state index contributed by atoms with van der Waals surface area (Å²) in [5.74, 6) is 0.789. The zero-order valence-electron chi connectivity index (χ0n) is 16.9. The SMILES string of the molecule is CC(C)NC(=O)c1cccc2c1CCCN2C(=O)/C=C/c1ccc2c(c1)CCO2. The van der Waals surface area contributed by atoms with Gasteiger partial charge in [-0.15, -0.1) is 0 Å². The monoisotopic (exact) mass is 390 g/mol. The maximum atomic E-state index is 12.9. The van der Waals surface area contributed by atoms with Gasteiger partial charge >= 0.3 is 0 Å². The van der Waals surface area contributed by atoms with Gasteiger partial charge < -0.3 is 15.0 Å². The molecule has 0 aliphatic carbocycles. The van der Waals surface area contributed by atoms with Crippen molar-refractivity contribution in [3.05, 3.63) is 64.7 Å². The number of carbonyl (C=O) groups is 2. The number of benzene rings is 2. The fraction of sp³-hybridized carbons (Fsp3) is 0.333. The van der Waals surface area contributed by atoms with E-state index in [1.54, 1.807) is 11.0 Å². The van der Waals surface area contributed by atoms with Gasteiger partial charge in [0.2, 0.25) is 0 Å².